The molecule has 6 heteroatoms. The van der Waals surface area contributed by atoms with Crippen LogP contribution in [0.4, 0.5) is 5.69 Å². The topological polar surface area (TPSA) is 67.9 Å². The molecule has 1 aromatic carbocycles. The van der Waals surface area contributed by atoms with Gasteiger partial charge in [0.15, 0.2) is 11.5 Å². The molecule has 1 N–H and O–H groups in total. The molecule has 1 saturated heterocycles. The van der Waals surface area contributed by atoms with Crippen molar-refractivity contribution in [3.63, 3.8) is 0 Å². The lowest BCUT2D eigenvalue weighted by molar-refractivity contribution is -0.137. The van der Waals surface area contributed by atoms with E-state index in [9.17, 15) is 9.59 Å². The first-order valence-corrected chi connectivity index (χ1v) is 10.4. The first-order chi connectivity index (χ1) is 13.6. The average Bonchev–Trinajstić information content (AvgIpc) is 3.02. The van der Waals surface area contributed by atoms with Gasteiger partial charge in [-0.3, -0.25) is 9.59 Å². The number of carbonyl (C=O) groups excluding carboxylic acids is 2. The molecule has 154 valence electrons. The summed E-state index contributed by atoms with van der Waals surface area (Å²) in [4.78, 5) is 27.5. The standard InChI is InChI=1S/C22H32N2O4/c1-27-19-12-11-18(15-20(19)28-2)23-21(25)16-7-9-17(10-8-16)22(26)24-13-5-3-4-6-14-24/h11-12,15-17H,3-10,13-14H2,1-2H3,(H,23,25). The Bertz CT molecular complexity index is 675. The van der Waals surface area contributed by atoms with Crippen molar-refractivity contribution in [2.45, 2.75) is 51.4 Å². The SMILES string of the molecule is COc1ccc(NC(=O)C2CCC(C(=O)N3CCCCCC3)CC2)cc1OC. The summed E-state index contributed by atoms with van der Waals surface area (Å²) >= 11 is 0. The average molecular weight is 389 g/mol. The van der Waals surface area contributed by atoms with E-state index >= 15 is 0 Å². The van der Waals surface area contributed by atoms with Crippen molar-refractivity contribution in [2.24, 2.45) is 11.8 Å². The summed E-state index contributed by atoms with van der Waals surface area (Å²) in [7, 11) is 3.16. The van der Waals surface area contributed by atoms with Crippen LogP contribution in [0.5, 0.6) is 11.5 Å². The van der Waals surface area contributed by atoms with Crippen LogP contribution < -0.4 is 14.8 Å². The first kappa shape index (κ1) is 20.5. The molecule has 2 amide bonds. The van der Waals surface area contributed by atoms with Crippen molar-refractivity contribution in [3.8, 4) is 11.5 Å². The van der Waals surface area contributed by atoms with E-state index < -0.39 is 0 Å². The van der Waals surface area contributed by atoms with Gasteiger partial charge >= 0.3 is 0 Å². The summed E-state index contributed by atoms with van der Waals surface area (Å²) in [5, 5.41) is 2.98. The van der Waals surface area contributed by atoms with E-state index in [1.165, 1.54) is 12.8 Å². The van der Waals surface area contributed by atoms with Crippen LogP contribution >= 0.6 is 0 Å². The van der Waals surface area contributed by atoms with E-state index in [0.29, 0.717) is 23.1 Å². The number of carbonyl (C=O) groups is 2. The van der Waals surface area contributed by atoms with E-state index in [-0.39, 0.29) is 17.7 Å². The van der Waals surface area contributed by atoms with Gasteiger partial charge in [-0.25, -0.2) is 0 Å². The fraction of sp³-hybridized carbons (Fsp3) is 0.636. The molecule has 6 nitrogen and oxygen atoms in total. The van der Waals surface area contributed by atoms with Gasteiger partial charge in [-0.05, 0) is 50.7 Å². The maximum Gasteiger partial charge on any atom is 0.227 e. The minimum absolute atomic E-state index is 0.0212. The Hall–Kier alpha value is -2.24. The number of likely N-dealkylation sites (tertiary alicyclic amines) is 1. The predicted molar refractivity (Wildman–Crippen MR) is 109 cm³/mol. The maximum atomic E-state index is 12.8. The molecule has 0 bridgehead atoms. The number of rotatable bonds is 5. The van der Waals surface area contributed by atoms with Gasteiger partial charge in [-0.15, -0.1) is 0 Å². The zero-order valence-corrected chi connectivity index (χ0v) is 17.0. The Kier molecular flexibility index (Phi) is 7.18. The normalized spacial score (nSPS) is 22.9. The number of hydrogen-bond donors (Lipinski definition) is 1. The Labute approximate surface area is 167 Å². The number of methoxy groups -OCH3 is 2. The summed E-state index contributed by atoms with van der Waals surface area (Å²) in [5.74, 6) is 1.60. The number of amides is 2. The minimum Gasteiger partial charge on any atom is -0.493 e. The van der Waals surface area contributed by atoms with Crippen LogP contribution in [0.2, 0.25) is 0 Å². The van der Waals surface area contributed by atoms with E-state index in [1.807, 2.05) is 6.07 Å². The van der Waals surface area contributed by atoms with E-state index in [2.05, 4.69) is 10.2 Å². The molecule has 0 unspecified atom stereocenters. The third-order valence-corrected chi connectivity index (χ3v) is 6.02. The van der Waals surface area contributed by atoms with Gasteiger partial charge in [-0.2, -0.15) is 0 Å². The van der Waals surface area contributed by atoms with Crippen molar-refractivity contribution in [1.29, 1.82) is 0 Å². The summed E-state index contributed by atoms with van der Waals surface area (Å²) in [5.41, 5.74) is 0.699. The highest BCUT2D eigenvalue weighted by Gasteiger charge is 2.32. The molecule has 2 aliphatic rings. The molecule has 1 saturated carbocycles. The van der Waals surface area contributed by atoms with Crippen LogP contribution in [-0.4, -0.2) is 44.0 Å². The number of nitrogens with one attached hydrogen (secondary N) is 1. The number of ether oxygens (including phenoxy) is 2. The van der Waals surface area contributed by atoms with Crippen molar-refractivity contribution < 1.29 is 19.1 Å². The Balaban J connectivity index is 1.51. The largest absolute Gasteiger partial charge is 0.493 e. The fourth-order valence-electron chi connectivity index (χ4n) is 4.31. The summed E-state index contributed by atoms with van der Waals surface area (Å²) in [6.45, 7) is 1.80. The van der Waals surface area contributed by atoms with Crippen LogP contribution in [0, 0.1) is 11.8 Å². The smallest absolute Gasteiger partial charge is 0.227 e. The third-order valence-electron chi connectivity index (χ3n) is 6.02. The molecule has 3 rings (SSSR count). The molecule has 0 atom stereocenters. The van der Waals surface area contributed by atoms with E-state index in [1.54, 1.807) is 26.4 Å². The number of benzene rings is 1. The van der Waals surface area contributed by atoms with Gasteiger partial charge in [0, 0.05) is 36.7 Å². The van der Waals surface area contributed by atoms with Crippen LogP contribution in [-0.2, 0) is 9.59 Å². The summed E-state index contributed by atoms with van der Waals surface area (Å²) in [6.07, 6.45) is 7.84. The first-order valence-electron chi connectivity index (χ1n) is 10.4. The molecule has 0 aromatic heterocycles. The van der Waals surface area contributed by atoms with Crippen molar-refractivity contribution in [3.05, 3.63) is 18.2 Å². The number of nitrogens with zero attached hydrogens (tertiary/aromatic N) is 1. The second-order valence-electron chi connectivity index (χ2n) is 7.85. The molecule has 28 heavy (non-hydrogen) atoms. The van der Waals surface area contributed by atoms with Gasteiger partial charge in [0.1, 0.15) is 0 Å². The Morgan fingerprint density at radius 3 is 2.11 bits per heavy atom. The molecule has 2 fully saturated rings. The molecule has 1 aliphatic carbocycles. The lowest BCUT2D eigenvalue weighted by Gasteiger charge is -2.31. The van der Waals surface area contributed by atoms with Crippen LogP contribution in [0.1, 0.15) is 51.4 Å². The zero-order chi connectivity index (χ0) is 19.9. The Morgan fingerprint density at radius 1 is 0.893 bits per heavy atom. The molecular weight excluding hydrogens is 356 g/mol. The van der Waals surface area contributed by atoms with Gasteiger partial charge in [0.2, 0.25) is 11.8 Å². The zero-order valence-electron chi connectivity index (χ0n) is 17.0. The quantitative estimate of drug-likeness (QED) is 0.832. The second-order valence-corrected chi connectivity index (χ2v) is 7.85. The van der Waals surface area contributed by atoms with Gasteiger partial charge in [-0.1, -0.05) is 12.8 Å². The molecule has 0 spiro atoms. The van der Waals surface area contributed by atoms with Crippen molar-refractivity contribution >= 4 is 17.5 Å². The molecule has 1 aromatic rings. The highest BCUT2D eigenvalue weighted by molar-refractivity contribution is 5.93. The van der Waals surface area contributed by atoms with Crippen molar-refractivity contribution in [1.82, 2.24) is 4.90 Å². The highest BCUT2D eigenvalue weighted by atomic mass is 16.5. The molecule has 1 aliphatic heterocycles. The van der Waals surface area contributed by atoms with Crippen LogP contribution in [0.25, 0.3) is 0 Å². The lowest BCUT2D eigenvalue weighted by atomic mass is 9.81. The summed E-state index contributed by atoms with van der Waals surface area (Å²) in [6, 6.07) is 5.37. The van der Waals surface area contributed by atoms with Gasteiger partial charge < -0.3 is 19.7 Å². The Morgan fingerprint density at radius 2 is 1.50 bits per heavy atom. The van der Waals surface area contributed by atoms with Crippen molar-refractivity contribution in [2.75, 3.05) is 32.6 Å². The molecule has 0 radical (unpaired) electrons. The highest BCUT2D eigenvalue weighted by Crippen LogP contribution is 2.33. The summed E-state index contributed by atoms with van der Waals surface area (Å²) < 4.78 is 10.5. The van der Waals surface area contributed by atoms with Gasteiger partial charge in [0.25, 0.3) is 0 Å². The van der Waals surface area contributed by atoms with Gasteiger partial charge in [0.05, 0.1) is 14.2 Å². The number of hydrogen-bond acceptors (Lipinski definition) is 4. The monoisotopic (exact) mass is 388 g/mol. The molecule has 1 heterocycles. The number of anilines is 1. The molecular formula is C22H32N2O4. The predicted octanol–water partition coefficient (Wildman–Crippen LogP) is 3.85. The fourth-order valence-corrected chi connectivity index (χ4v) is 4.31. The van der Waals surface area contributed by atoms with Crippen LogP contribution in [0.3, 0.4) is 0 Å². The van der Waals surface area contributed by atoms with E-state index in [0.717, 1.165) is 51.6 Å². The lowest BCUT2D eigenvalue weighted by Crippen LogP contribution is -2.39. The van der Waals surface area contributed by atoms with E-state index in [4.69, 9.17) is 9.47 Å². The maximum absolute atomic E-state index is 12.8. The minimum atomic E-state index is -0.0405. The second kappa shape index (κ2) is 9.80. The van der Waals surface area contributed by atoms with Crippen LogP contribution in [0.15, 0.2) is 18.2 Å². The third kappa shape index (κ3) is 4.97.